The number of ether oxygens (including phenoxy) is 1. The molecular weight excluding hydrogens is 198 g/mol. The highest BCUT2D eigenvalue weighted by molar-refractivity contribution is 4.97. The van der Waals surface area contributed by atoms with Crippen LogP contribution in [-0.4, -0.2) is 25.3 Å². The van der Waals surface area contributed by atoms with Crippen LogP contribution >= 0.6 is 0 Å². The molecule has 0 aromatic carbocycles. The maximum absolute atomic E-state index is 5.92. The van der Waals surface area contributed by atoms with Gasteiger partial charge in [-0.1, -0.05) is 46.1 Å². The third-order valence-electron chi connectivity index (χ3n) is 3.09. The van der Waals surface area contributed by atoms with Gasteiger partial charge >= 0.3 is 0 Å². The predicted molar refractivity (Wildman–Crippen MR) is 69.7 cm³/mol. The highest BCUT2D eigenvalue weighted by atomic mass is 16.5. The second-order valence-electron chi connectivity index (χ2n) is 5.21. The molecule has 1 aliphatic rings. The molecule has 94 valence electrons. The van der Waals surface area contributed by atoms with E-state index in [1.807, 2.05) is 0 Å². The minimum Gasteiger partial charge on any atom is -0.374 e. The third-order valence-corrected chi connectivity index (χ3v) is 3.09. The highest BCUT2D eigenvalue weighted by Gasteiger charge is 2.12. The summed E-state index contributed by atoms with van der Waals surface area (Å²) < 4.78 is 5.92. The number of rotatable bonds is 6. The summed E-state index contributed by atoms with van der Waals surface area (Å²) in [5, 5.41) is 3.37. The number of hydrogen-bond donors (Lipinski definition) is 1. The zero-order chi connectivity index (χ0) is 11.8. The maximum atomic E-state index is 5.92. The average molecular weight is 225 g/mol. The van der Waals surface area contributed by atoms with Gasteiger partial charge in [0, 0.05) is 12.6 Å². The quantitative estimate of drug-likeness (QED) is 0.553. The van der Waals surface area contributed by atoms with Crippen molar-refractivity contribution in [3.63, 3.8) is 0 Å². The topological polar surface area (TPSA) is 21.3 Å². The van der Waals surface area contributed by atoms with Crippen LogP contribution in [-0.2, 0) is 4.74 Å². The van der Waals surface area contributed by atoms with Gasteiger partial charge in [0.2, 0.25) is 0 Å². The lowest BCUT2D eigenvalue weighted by Gasteiger charge is -2.17. The zero-order valence-corrected chi connectivity index (χ0v) is 10.9. The largest absolute Gasteiger partial charge is 0.374 e. The van der Waals surface area contributed by atoms with E-state index in [9.17, 15) is 0 Å². The molecule has 0 aromatic rings. The molecule has 1 saturated carbocycles. The van der Waals surface area contributed by atoms with Gasteiger partial charge in [-0.15, -0.1) is 0 Å². The summed E-state index contributed by atoms with van der Waals surface area (Å²) in [6.45, 7) is 9.96. The van der Waals surface area contributed by atoms with Crippen molar-refractivity contribution in [1.29, 1.82) is 0 Å². The van der Waals surface area contributed by atoms with Crippen LogP contribution < -0.4 is 5.32 Å². The Balaban J connectivity index is 2.10. The molecule has 0 radical (unpaired) electrons. The number of hydrogen-bond acceptors (Lipinski definition) is 2. The lowest BCUT2D eigenvalue weighted by atomic mass is 10.1. The number of nitrogens with one attached hydrogen (secondary N) is 1. The van der Waals surface area contributed by atoms with E-state index < -0.39 is 0 Å². The molecule has 0 saturated heterocycles. The normalized spacial score (nSPS) is 18.7. The van der Waals surface area contributed by atoms with E-state index in [2.05, 4.69) is 25.7 Å². The Morgan fingerprint density at radius 1 is 1.25 bits per heavy atom. The molecule has 0 spiro atoms. The summed E-state index contributed by atoms with van der Waals surface area (Å²) in [4.78, 5) is 0. The summed E-state index contributed by atoms with van der Waals surface area (Å²) in [6.07, 6.45) is 8.41. The minimum absolute atomic E-state index is 0.485. The van der Waals surface area contributed by atoms with Crippen LogP contribution in [0, 0.1) is 0 Å². The van der Waals surface area contributed by atoms with Crippen LogP contribution in [0.1, 0.15) is 52.4 Å². The minimum atomic E-state index is 0.485. The molecular formula is C14H27NO. The Morgan fingerprint density at radius 2 is 1.88 bits per heavy atom. The molecule has 1 aliphatic carbocycles. The fraction of sp³-hybridized carbons (Fsp3) is 0.857. The van der Waals surface area contributed by atoms with Gasteiger partial charge in [-0.25, -0.2) is 0 Å². The van der Waals surface area contributed by atoms with Gasteiger partial charge < -0.3 is 10.1 Å². The van der Waals surface area contributed by atoms with Gasteiger partial charge in [-0.3, -0.25) is 0 Å². The van der Waals surface area contributed by atoms with E-state index in [0.29, 0.717) is 12.1 Å². The van der Waals surface area contributed by atoms with E-state index in [-0.39, 0.29) is 0 Å². The molecule has 0 atom stereocenters. The van der Waals surface area contributed by atoms with Gasteiger partial charge in [0.05, 0.1) is 12.7 Å². The van der Waals surface area contributed by atoms with Crippen molar-refractivity contribution < 1.29 is 4.74 Å². The van der Waals surface area contributed by atoms with E-state index in [4.69, 9.17) is 4.74 Å². The fourth-order valence-corrected chi connectivity index (χ4v) is 2.04. The Labute approximate surface area is 100 Å². The molecule has 0 heterocycles. The van der Waals surface area contributed by atoms with E-state index >= 15 is 0 Å². The van der Waals surface area contributed by atoms with Crippen LogP contribution in [0.3, 0.4) is 0 Å². The van der Waals surface area contributed by atoms with Crippen molar-refractivity contribution >= 4 is 0 Å². The van der Waals surface area contributed by atoms with Gasteiger partial charge in [0.25, 0.3) is 0 Å². The molecule has 0 aliphatic heterocycles. The standard InChI is InChI=1S/C14H27NO/c1-12(2)15-10-13(3)11-16-14-8-6-4-5-7-9-14/h12,14-15H,3-11H2,1-2H3. The Kier molecular flexibility index (Phi) is 6.74. The maximum Gasteiger partial charge on any atom is 0.0690 e. The molecule has 0 unspecified atom stereocenters. The van der Waals surface area contributed by atoms with Crippen LogP contribution in [0.15, 0.2) is 12.2 Å². The van der Waals surface area contributed by atoms with Gasteiger partial charge in [-0.2, -0.15) is 0 Å². The summed E-state index contributed by atoms with van der Waals surface area (Å²) in [5.74, 6) is 0. The van der Waals surface area contributed by atoms with Gasteiger partial charge in [0.1, 0.15) is 0 Å². The van der Waals surface area contributed by atoms with E-state index in [1.165, 1.54) is 38.5 Å². The highest BCUT2D eigenvalue weighted by Crippen LogP contribution is 2.20. The molecule has 0 amide bonds. The molecule has 1 N–H and O–H groups in total. The Bertz CT molecular complexity index is 193. The summed E-state index contributed by atoms with van der Waals surface area (Å²) in [5.41, 5.74) is 1.16. The van der Waals surface area contributed by atoms with Crippen molar-refractivity contribution in [3.8, 4) is 0 Å². The SMILES string of the molecule is C=C(CNC(C)C)COC1CCCCCC1. The van der Waals surface area contributed by atoms with Crippen LogP contribution in [0.2, 0.25) is 0 Å². The lowest BCUT2D eigenvalue weighted by Crippen LogP contribution is -2.26. The second-order valence-corrected chi connectivity index (χ2v) is 5.21. The molecule has 16 heavy (non-hydrogen) atoms. The Morgan fingerprint density at radius 3 is 2.44 bits per heavy atom. The van der Waals surface area contributed by atoms with Gasteiger partial charge in [-0.05, 0) is 18.4 Å². The lowest BCUT2D eigenvalue weighted by molar-refractivity contribution is 0.0581. The first-order valence-corrected chi connectivity index (χ1v) is 6.70. The monoisotopic (exact) mass is 225 g/mol. The van der Waals surface area contributed by atoms with Crippen LogP contribution in [0.4, 0.5) is 0 Å². The zero-order valence-electron chi connectivity index (χ0n) is 10.9. The average Bonchev–Trinajstić information content (AvgIpc) is 2.51. The molecule has 1 fully saturated rings. The smallest absolute Gasteiger partial charge is 0.0690 e. The molecule has 2 heteroatoms. The first-order chi connectivity index (χ1) is 7.68. The first-order valence-electron chi connectivity index (χ1n) is 6.70. The molecule has 1 rings (SSSR count). The Hall–Kier alpha value is -0.340. The predicted octanol–water partition coefficient (Wildman–Crippen LogP) is 3.28. The summed E-state index contributed by atoms with van der Waals surface area (Å²) in [6, 6.07) is 0.523. The molecule has 2 nitrogen and oxygen atoms in total. The molecule has 0 bridgehead atoms. The van der Waals surface area contributed by atoms with Crippen molar-refractivity contribution in [2.45, 2.75) is 64.5 Å². The summed E-state index contributed by atoms with van der Waals surface area (Å²) in [7, 11) is 0. The first kappa shape index (κ1) is 13.7. The fourth-order valence-electron chi connectivity index (χ4n) is 2.04. The molecule has 0 aromatic heterocycles. The van der Waals surface area contributed by atoms with E-state index in [1.54, 1.807) is 0 Å². The summed E-state index contributed by atoms with van der Waals surface area (Å²) >= 11 is 0. The van der Waals surface area contributed by atoms with E-state index in [0.717, 1.165) is 18.7 Å². The van der Waals surface area contributed by atoms with Crippen molar-refractivity contribution in [3.05, 3.63) is 12.2 Å². The van der Waals surface area contributed by atoms with Crippen molar-refractivity contribution in [1.82, 2.24) is 5.32 Å². The third kappa shape index (κ3) is 6.29. The van der Waals surface area contributed by atoms with Gasteiger partial charge in [0.15, 0.2) is 0 Å². The van der Waals surface area contributed by atoms with Crippen molar-refractivity contribution in [2.24, 2.45) is 0 Å². The van der Waals surface area contributed by atoms with Crippen LogP contribution in [0.25, 0.3) is 0 Å². The van der Waals surface area contributed by atoms with Crippen molar-refractivity contribution in [2.75, 3.05) is 13.2 Å². The second kappa shape index (κ2) is 7.86. The van der Waals surface area contributed by atoms with Crippen LogP contribution in [0.5, 0.6) is 0 Å².